The minimum Gasteiger partial charge on any atom is -0.462 e. The second kappa shape index (κ2) is 32.5. The van der Waals surface area contributed by atoms with E-state index in [2.05, 4.69) is 49.5 Å². The first-order chi connectivity index (χ1) is 21.0. The zero-order valence-corrected chi connectivity index (χ0v) is 27.3. The number of unbranched alkanes of at least 4 members (excludes halogenated alkanes) is 11. The highest BCUT2D eigenvalue weighted by molar-refractivity contribution is 5.70. The minimum atomic E-state index is -0.809. The van der Waals surface area contributed by atoms with Gasteiger partial charge in [-0.3, -0.25) is 9.59 Å². The molecule has 0 rings (SSSR count). The molecule has 0 aliphatic heterocycles. The number of esters is 2. The number of hydrogen-bond donors (Lipinski definition) is 2. The van der Waals surface area contributed by atoms with E-state index < -0.39 is 6.10 Å². The zero-order valence-electron chi connectivity index (χ0n) is 27.3. The van der Waals surface area contributed by atoms with Crippen LogP contribution in [0.25, 0.3) is 0 Å². The van der Waals surface area contributed by atoms with Crippen molar-refractivity contribution in [1.82, 2.24) is 0 Å². The van der Waals surface area contributed by atoms with Gasteiger partial charge in [-0.05, 0) is 44.9 Å². The van der Waals surface area contributed by atoms with Gasteiger partial charge in [0.25, 0.3) is 0 Å². The van der Waals surface area contributed by atoms with Gasteiger partial charge < -0.3 is 19.7 Å². The van der Waals surface area contributed by atoms with Crippen molar-refractivity contribution in [1.29, 1.82) is 0 Å². The zero-order chi connectivity index (χ0) is 31.6. The molecular formula is C37H62O6. The summed E-state index contributed by atoms with van der Waals surface area (Å²) in [5.74, 6) is -0.684. The highest BCUT2D eigenvalue weighted by Crippen LogP contribution is 2.12. The van der Waals surface area contributed by atoms with E-state index in [1.807, 2.05) is 19.1 Å². The topological polar surface area (TPSA) is 93.1 Å². The molecule has 0 aliphatic carbocycles. The molecule has 0 heterocycles. The molecule has 0 saturated heterocycles. The van der Waals surface area contributed by atoms with Gasteiger partial charge in [-0.15, -0.1) is 0 Å². The molecule has 0 aromatic heterocycles. The van der Waals surface area contributed by atoms with E-state index in [1.165, 1.54) is 51.4 Å². The lowest BCUT2D eigenvalue weighted by Gasteiger charge is -2.15. The van der Waals surface area contributed by atoms with Crippen LogP contribution >= 0.6 is 0 Å². The van der Waals surface area contributed by atoms with Crippen molar-refractivity contribution in [3.63, 3.8) is 0 Å². The predicted molar refractivity (Wildman–Crippen MR) is 179 cm³/mol. The summed E-state index contributed by atoms with van der Waals surface area (Å²) in [5, 5.41) is 18.9. The van der Waals surface area contributed by atoms with Crippen molar-refractivity contribution in [3.05, 3.63) is 60.8 Å². The average molecular weight is 603 g/mol. The van der Waals surface area contributed by atoms with E-state index in [0.29, 0.717) is 12.8 Å². The fraction of sp³-hybridized carbons (Fsp3) is 0.676. The van der Waals surface area contributed by atoms with E-state index in [1.54, 1.807) is 6.08 Å². The van der Waals surface area contributed by atoms with E-state index >= 15 is 0 Å². The molecule has 0 fully saturated rings. The van der Waals surface area contributed by atoms with Gasteiger partial charge in [0.2, 0.25) is 0 Å². The van der Waals surface area contributed by atoms with Crippen LogP contribution in [0.1, 0.15) is 136 Å². The van der Waals surface area contributed by atoms with Gasteiger partial charge >= 0.3 is 11.9 Å². The predicted octanol–water partition coefficient (Wildman–Crippen LogP) is 9.03. The summed E-state index contributed by atoms with van der Waals surface area (Å²) in [7, 11) is 0. The Hall–Kier alpha value is -2.44. The van der Waals surface area contributed by atoms with Crippen molar-refractivity contribution in [2.75, 3.05) is 13.2 Å². The van der Waals surface area contributed by atoms with E-state index in [4.69, 9.17) is 9.47 Å². The van der Waals surface area contributed by atoms with Crippen LogP contribution in [-0.2, 0) is 19.1 Å². The Morgan fingerprint density at radius 1 is 0.651 bits per heavy atom. The molecule has 0 aliphatic rings. The smallest absolute Gasteiger partial charge is 0.306 e. The van der Waals surface area contributed by atoms with Gasteiger partial charge in [-0.1, -0.05) is 139 Å². The van der Waals surface area contributed by atoms with Crippen molar-refractivity contribution in [3.8, 4) is 0 Å². The summed E-state index contributed by atoms with van der Waals surface area (Å²) in [5.41, 5.74) is 0. The summed E-state index contributed by atoms with van der Waals surface area (Å²) in [6.45, 7) is 3.72. The Morgan fingerprint density at radius 2 is 1.19 bits per heavy atom. The van der Waals surface area contributed by atoms with Crippen LogP contribution in [0.15, 0.2) is 60.8 Å². The first-order valence-corrected chi connectivity index (χ1v) is 17.0. The van der Waals surface area contributed by atoms with Crippen molar-refractivity contribution in [2.24, 2.45) is 0 Å². The van der Waals surface area contributed by atoms with E-state index in [9.17, 15) is 19.8 Å². The lowest BCUT2D eigenvalue weighted by Crippen LogP contribution is -2.28. The third kappa shape index (κ3) is 30.8. The molecule has 0 aromatic carbocycles. The lowest BCUT2D eigenvalue weighted by molar-refractivity contribution is -0.161. The lowest BCUT2D eigenvalue weighted by atomic mass is 10.1. The molecule has 0 saturated carbocycles. The number of carbonyl (C=O) groups is 2. The molecule has 0 bridgehead atoms. The molecule has 0 unspecified atom stereocenters. The van der Waals surface area contributed by atoms with Crippen molar-refractivity contribution < 1.29 is 29.3 Å². The number of rotatable bonds is 29. The van der Waals surface area contributed by atoms with Gasteiger partial charge in [0.15, 0.2) is 6.10 Å². The SMILES string of the molecule is CCCCCCCCCCCCCC(=O)OC[C@H](CO)OC(=O)CCC/C=C\C/C=C\C/C=C\C/C=C\C=C\[C@H](O)CC. The number of hydrogen-bond acceptors (Lipinski definition) is 6. The first-order valence-electron chi connectivity index (χ1n) is 17.0. The maximum Gasteiger partial charge on any atom is 0.306 e. The summed E-state index contributed by atoms with van der Waals surface area (Å²) >= 11 is 0. The molecule has 43 heavy (non-hydrogen) atoms. The molecule has 0 spiro atoms. The summed E-state index contributed by atoms with van der Waals surface area (Å²) in [6, 6.07) is 0. The van der Waals surface area contributed by atoms with Crippen LogP contribution in [0.2, 0.25) is 0 Å². The number of aliphatic hydroxyl groups excluding tert-OH is 2. The Labute approximate surface area is 263 Å². The highest BCUT2D eigenvalue weighted by Gasteiger charge is 2.15. The van der Waals surface area contributed by atoms with E-state index in [-0.39, 0.29) is 37.7 Å². The molecule has 6 heteroatoms. The van der Waals surface area contributed by atoms with E-state index in [0.717, 1.165) is 51.4 Å². The van der Waals surface area contributed by atoms with Crippen molar-refractivity contribution in [2.45, 2.75) is 148 Å². The molecular weight excluding hydrogens is 540 g/mol. The normalized spacial score (nSPS) is 13.7. The van der Waals surface area contributed by atoms with Crippen LogP contribution in [0.5, 0.6) is 0 Å². The summed E-state index contributed by atoms with van der Waals surface area (Å²) in [4.78, 5) is 24.1. The molecule has 6 nitrogen and oxygen atoms in total. The Morgan fingerprint density at radius 3 is 1.77 bits per heavy atom. The Balaban J connectivity index is 3.76. The molecule has 2 N–H and O–H groups in total. The van der Waals surface area contributed by atoms with Gasteiger partial charge in [-0.25, -0.2) is 0 Å². The third-order valence-corrected chi connectivity index (χ3v) is 6.98. The molecule has 0 aromatic rings. The monoisotopic (exact) mass is 602 g/mol. The number of carbonyl (C=O) groups excluding carboxylic acids is 2. The minimum absolute atomic E-state index is 0.0986. The number of allylic oxidation sites excluding steroid dienone is 9. The first kappa shape index (κ1) is 40.6. The van der Waals surface area contributed by atoms with Crippen LogP contribution in [0.4, 0.5) is 0 Å². The van der Waals surface area contributed by atoms with Gasteiger partial charge in [-0.2, -0.15) is 0 Å². The molecule has 246 valence electrons. The summed E-state index contributed by atoms with van der Waals surface area (Å²) in [6.07, 6.45) is 38.0. The summed E-state index contributed by atoms with van der Waals surface area (Å²) < 4.78 is 10.5. The standard InChI is InChI=1S/C37H62O6/c1-3-5-6-7-8-9-14-18-21-24-27-30-36(40)42-33-35(32-38)43-37(41)31-28-25-22-19-16-13-11-10-12-15-17-20-23-26-29-34(39)4-2/h11-13,15,19-20,22-23,26,29,34-35,38-39H,3-10,14,16-18,21,24-25,27-28,30-33H2,1-2H3/b13-11-,15-12-,22-19-,23-20-,29-26+/t34-,35+/m1/s1. The molecule has 2 atom stereocenters. The fourth-order valence-electron chi connectivity index (χ4n) is 4.24. The van der Waals surface area contributed by atoms with Gasteiger partial charge in [0.05, 0.1) is 12.7 Å². The maximum atomic E-state index is 12.1. The fourth-order valence-corrected chi connectivity index (χ4v) is 4.24. The van der Waals surface area contributed by atoms with Gasteiger partial charge in [0.1, 0.15) is 6.61 Å². The Bertz CT molecular complexity index is 795. The van der Waals surface area contributed by atoms with Crippen LogP contribution in [-0.4, -0.2) is 47.6 Å². The second-order valence-electron chi connectivity index (χ2n) is 11.1. The van der Waals surface area contributed by atoms with Gasteiger partial charge in [0, 0.05) is 12.8 Å². The van der Waals surface area contributed by atoms with Crippen LogP contribution in [0, 0.1) is 0 Å². The number of ether oxygens (including phenoxy) is 2. The highest BCUT2D eigenvalue weighted by atomic mass is 16.6. The molecule has 0 radical (unpaired) electrons. The molecule has 0 amide bonds. The van der Waals surface area contributed by atoms with Crippen LogP contribution < -0.4 is 0 Å². The number of aliphatic hydroxyl groups is 2. The third-order valence-electron chi connectivity index (χ3n) is 6.98. The largest absolute Gasteiger partial charge is 0.462 e. The maximum absolute atomic E-state index is 12.1. The Kier molecular flexibility index (Phi) is 30.6. The average Bonchev–Trinajstić information content (AvgIpc) is 3.01. The van der Waals surface area contributed by atoms with Crippen LogP contribution in [0.3, 0.4) is 0 Å². The quantitative estimate of drug-likeness (QED) is 0.0384. The van der Waals surface area contributed by atoms with Crippen molar-refractivity contribution >= 4 is 11.9 Å². The second-order valence-corrected chi connectivity index (χ2v) is 11.1.